The molecule has 1 atom stereocenters. The Morgan fingerprint density at radius 1 is 1.05 bits per heavy atom. The quantitative estimate of drug-likeness (QED) is 0.769. The van der Waals surface area contributed by atoms with Gasteiger partial charge in [-0.1, -0.05) is 13.8 Å². The number of nitrogens with zero attached hydrogens (tertiary/aromatic N) is 2. The summed E-state index contributed by atoms with van der Waals surface area (Å²) in [6, 6.07) is 10.3. The van der Waals surface area contributed by atoms with E-state index in [-0.39, 0.29) is 6.04 Å². The number of rotatable bonds is 5. The summed E-state index contributed by atoms with van der Waals surface area (Å²) in [5, 5.41) is 3.43. The van der Waals surface area contributed by atoms with Crippen LogP contribution in [0.4, 0.5) is 0 Å². The van der Waals surface area contributed by atoms with Crippen molar-refractivity contribution in [3.05, 3.63) is 48.5 Å². The molecule has 1 N–H and O–H groups in total. The second kappa shape index (κ2) is 6.06. The topological polar surface area (TPSA) is 51.0 Å². The molecule has 3 rings (SSSR count). The summed E-state index contributed by atoms with van der Waals surface area (Å²) in [5.41, 5.74) is 2.80. The molecule has 4 nitrogen and oxygen atoms in total. The third-order valence-corrected chi connectivity index (χ3v) is 3.58. The van der Waals surface area contributed by atoms with E-state index in [1.807, 2.05) is 30.3 Å². The minimum absolute atomic E-state index is 0.268. The first kappa shape index (κ1) is 13.8. The van der Waals surface area contributed by atoms with Crippen LogP contribution in [0.5, 0.6) is 0 Å². The van der Waals surface area contributed by atoms with E-state index in [0.29, 0.717) is 0 Å². The number of hydrogen-bond acceptors (Lipinski definition) is 4. The summed E-state index contributed by atoms with van der Waals surface area (Å²) in [7, 11) is 0. The van der Waals surface area contributed by atoms with Crippen LogP contribution in [0.1, 0.15) is 32.1 Å². The Bertz CT molecular complexity index is 735. The summed E-state index contributed by atoms with van der Waals surface area (Å²) in [4.78, 5) is 8.62. The van der Waals surface area contributed by atoms with Crippen molar-refractivity contribution in [3.8, 4) is 11.3 Å². The SMILES string of the molecule is CCNC(CC)c1ccc(-c2ccc3nccnc3c2)o1. The van der Waals surface area contributed by atoms with Crippen LogP contribution in [0.15, 0.2) is 47.1 Å². The lowest BCUT2D eigenvalue weighted by molar-refractivity contribution is 0.417. The number of furan rings is 1. The van der Waals surface area contributed by atoms with E-state index in [0.717, 1.165) is 41.1 Å². The molecule has 2 heterocycles. The average Bonchev–Trinajstić information content (AvgIpc) is 3.02. The van der Waals surface area contributed by atoms with Crippen LogP contribution in [-0.2, 0) is 0 Å². The molecule has 2 aromatic heterocycles. The molecule has 0 aliphatic carbocycles. The number of fused-ring (bicyclic) bond motifs is 1. The van der Waals surface area contributed by atoms with Crippen molar-refractivity contribution in [1.82, 2.24) is 15.3 Å². The Morgan fingerprint density at radius 3 is 2.62 bits per heavy atom. The van der Waals surface area contributed by atoms with Gasteiger partial charge in [0.05, 0.1) is 17.1 Å². The molecule has 0 saturated carbocycles. The molecule has 21 heavy (non-hydrogen) atoms. The van der Waals surface area contributed by atoms with Crippen LogP contribution in [0.25, 0.3) is 22.4 Å². The molecule has 1 unspecified atom stereocenters. The van der Waals surface area contributed by atoms with Gasteiger partial charge in [0.15, 0.2) is 0 Å². The summed E-state index contributed by atoms with van der Waals surface area (Å²) in [6.07, 6.45) is 4.41. The highest BCUT2D eigenvalue weighted by molar-refractivity contribution is 5.79. The van der Waals surface area contributed by atoms with Gasteiger partial charge in [0.2, 0.25) is 0 Å². The third-order valence-electron chi connectivity index (χ3n) is 3.58. The van der Waals surface area contributed by atoms with Crippen LogP contribution >= 0.6 is 0 Å². The third kappa shape index (κ3) is 2.81. The maximum atomic E-state index is 6.01. The fourth-order valence-corrected chi connectivity index (χ4v) is 2.50. The normalized spacial score (nSPS) is 12.7. The van der Waals surface area contributed by atoms with Crippen LogP contribution in [-0.4, -0.2) is 16.5 Å². The minimum Gasteiger partial charge on any atom is -0.459 e. The zero-order chi connectivity index (χ0) is 14.7. The van der Waals surface area contributed by atoms with Crippen LogP contribution in [0, 0.1) is 0 Å². The maximum absolute atomic E-state index is 6.01. The molecule has 0 saturated heterocycles. The number of nitrogens with one attached hydrogen (secondary N) is 1. The fraction of sp³-hybridized carbons (Fsp3) is 0.294. The molecular formula is C17H19N3O. The van der Waals surface area contributed by atoms with E-state index < -0.39 is 0 Å². The van der Waals surface area contributed by atoms with Crippen LogP contribution < -0.4 is 5.32 Å². The molecule has 0 fully saturated rings. The zero-order valence-corrected chi connectivity index (χ0v) is 12.3. The highest BCUT2D eigenvalue weighted by Crippen LogP contribution is 2.28. The fourth-order valence-electron chi connectivity index (χ4n) is 2.50. The molecule has 4 heteroatoms. The minimum atomic E-state index is 0.268. The molecule has 0 bridgehead atoms. The van der Waals surface area contributed by atoms with Gasteiger partial charge in [0.25, 0.3) is 0 Å². The molecule has 0 aliphatic rings. The van der Waals surface area contributed by atoms with Crippen molar-refractivity contribution >= 4 is 11.0 Å². The van der Waals surface area contributed by atoms with Crippen molar-refractivity contribution in [2.75, 3.05) is 6.54 Å². The molecule has 0 aliphatic heterocycles. The molecule has 0 spiro atoms. The number of benzene rings is 1. The number of hydrogen-bond donors (Lipinski definition) is 1. The summed E-state index contributed by atoms with van der Waals surface area (Å²) >= 11 is 0. The lowest BCUT2D eigenvalue weighted by Gasteiger charge is -2.12. The van der Waals surface area contributed by atoms with Crippen LogP contribution in [0.2, 0.25) is 0 Å². The standard InChI is InChI=1S/C17H19N3O/c1-3-13(18-4-2)17-8-7-16(21-17)12-5-6-14-15(11-12)20-10-9-19-14/h5-11,13,18H,3-4H2,1-2H3. The first-order valence-electron chi connectivity index (χ1n) is 7.36. The van der Waals surface area contributed by atoms with Crippen molar-refractivity contribution < 1.29 is 4.42 Å². The van der Waals surface area contributed by atoms with Gasteiger partial charge in [0.1, 0.15) is 11.5 Å². The zero-order valence-electron chi connectivity index (χ0n) is 12.3. The highest BCUT2D eigenvalue weighted by Gasteiger charge is 2.13. The van der Waals surface area contributed by atoms with Gasteiger partial charge in [-0.05, 0) is 43.3 Å². The van der Waals surface area contributed by atoms with E-state index in [4.69, 9.17) is 4.42 Å². The van der Waals surface area contributed by atoms with Crippen LogP contribution in [0.3, 0.4) is 0 Å². The smallest absolute Gasteiger partial charge is 0.134 e. The van der Waals surface area contributed by atoms with E-state index >= 15 is 0 Å². The van der Waals surface area contributed by atoms with Gasteiger partial charge < -0.3 is 9.73 Å². The first-order valence-corrected chi connectivity index (χ1v) is 7.36. The predicted molar refractivity (Wildman–Crippen MR) is 83.9 cm³/mol. The summed E-state index contributed by atoms with van der Waals surface area (Å²) in [6.45, 7) is 5.19. The molecular weight excluding hydrogens is 262 g/mol. The lowest BCUT2D eigenvalue weighted by Crippen LogP contribution is -2.19. The second-order valence-corrected chi connectivity index (χ2v) is 4.98. The summed E-state index contributed by atoms with van der Waals surface area (Å²) in [5.74, 6) is 1.85. The van der Waals surface area contributed by atoms with E-state index in [1.165, 1.54) is 0 Å². The molecule has 1 aromatic carbocycles. The molecule has 0 radical (unpaired) electrons. The Kier molecular flexibility index (Phi) is 3.97. The van der Waals surface area contributed by atoms with E-state index in [1.54, 1.807) is 12.4 Å². The second-order valence-electron chi connectivity index (χ2n) is 4.98. The maximum Gasteiger partial charge on any atom is 0.134 e. The Balaban J connectivity index is 1.93. The lowest BCUT2D eigenvalue weighted by atomic mass is 10.1. The van der Waals surface area contributed by atoms with E-state index in [2.05, 4.69) is 29.1 Å². The Morgan fingerprint density at radius 2 is 1.86 bits per heavy atom. The Labute approximate surface area is 124 Å². The largest absolute Gasteiger partial charge is 0.459 e. The van der Waals surface area contributed by atoms with Gasteiger partial charge in [-0.3, -0.25) is 9.97 Å². The highest BCUT2D eigenvalue weighted by atomic mass is 16.3. The van der Waals surface area contributed by atoms with Crippen molar-refractivity contribution in [3.63, 3.8) is 0 Å². The molecule has 0 amide bonds. The van der Waals surface area contributed by atoms with Gasteiger partial charge in [-0.2, -0.15) is 0 Å². The number of aromatic nitrogens is 2. The van der Waals surface area contributed by atoms with Gasteiger partial charge in [0, 0.05) is 18.0 Å². The summed E-state index contributed by atoms with van der Waals surface area (Å²) < 4.78 is 6.01. The average molecular weight is 281 g/mol. The van der Waals surface area contributed by atoms with Crippen molar-refractivity contribution in [2.45, 2.75) is 26.3 Å². The van der Waals surface area contributed by atoms with E-state index in [9.17, 15) is 0 Å². The van der Waals surface area contributed by atoms with Gasteiger partial charge >= 0.3 is 0 Å². The van der Waals surface area contributed by atoms with Gasteiger partial charge in [-0.25, -0.2) is 0 Å². The molecule has 108 valence electrons. The monoisotopic (exact) mass is 281 g/mol. The van der Waals surface area contributed by atoms with Gasteiger partial charge in [-0.15, -0.1) is 0 Å². The van der Waals surface area contributed by atoms with Crippen molar-refractivity contribution in [2.24, 2.45) is 0 Å². The predicted octanol–water partition coefficient (Wildman–Crippen LogP) is 3.95. The first-order chi connectivity index (χ1) is 10.3. The Hall–Kier alpha value is -2.20. The molecule has 3 aromatic rings. The van der Waals surface area contributed by atoms with Crippen molar-refractivity contribution in [1.29, 1.82) is 0 Å².